The first-order valence-electron chi connectivity index (χ1n) is 8.89. The zero-order chi connectivity index (χ0) is 23.8. The number of nitrogens with one attached hydrogen (secondary N) is 1. The highest BCUT2D eigenvalue weighted by atomic mass is 32.1. The minimum atomic E-state index is -5.89. The molecule has 14 heteroatoms. The number of rotatable bonds is 5. The number of carbonyl (C=O) groups excluding carboxylic acids is 2. The van der Waals surface area contributed by atoms with E-state index >= 15 is 0 Å². The van der Waals surface area contributed by atoms with Crippen LogP contribution >= 0.6 is 11.3 Å². The van der Waals surface area contributed by atoms with Crippen molar-refractivity contribution in [1.82, 2.24) is 5.32 Å². The largest absolute Gasteiger partial charge is 0.466 e. The Labute approximate surface area is 175 Å². The van der Waals surface area contributed by atoms with E-state index in [2.05, 4.69) is 9.47 Å². The molecule has 1 aliphatic heterocycles. The zero-order valence-corrected chi connectivity index (χ0v) is 16.9. The van der Waals surface area contributed by atoms with Crippen LogP contribution in [0.4, 0.5) is 26.3 Å². The highest BCUT2D eigenvalue weighted by Crippen LogP contribution is 2.56. The molecule has 0 aliphatic carbocycles. The monoisotopic (exact) mass is 479 g/mol. The van der Waals surface area contributed by atoms with Crippen molar-refractivity contribution in [2.75, 3.05) is 13.2 Å². The van der Waals surface area contributed by atoms with Crippen LogP contribution < -0.4 is 5.32 Å². The number of hydrogen-bond acceptors (Lipinski definition) is 8. The van der Waals surface area contributed by atoms with Crippen molar-refractivity contribution in [2.45, 2.75) is 43.6 Å². The average Bonchev–Trinajstić information content (AvgIpc) is 3.13. The molecule has 1 aromatic heterocycles. The number of esters is 2. The number of piperidine rings is 1. The van der Waals surface area contributed by atoms with E-state index in [-0.39, 0.29) is 4.88 Å². The Balaban J connectivity index is 2.89. The lowest BCUT2D eigenvalue weighted by Gasteiger charge is -2.53. The Bertz CT molecular complexity index is 752. The summed E-state index contributed by atoms with van der Waals surface area (Å²) in [5.41, 5.74) is -9.19. The van der Waals surface area contributed by atoms with Gasteiger partial charge >= 0.3 is 24.3 Å². The van der Waals surface area contributed by atoms with Gasteiger partial charge in [0.25, 0.3) is 0 Å². The van der Waals surface area contributed by atoms with E-state index < -0.39 is 66.7 Å². The highest BCUT2D eigenvalue weighted by molar-refractivity contribution is 7.10. The van der Waals surface area contributed by atoms with Crippen molar-refractivity contribution in [2.24, 2.45) is 11.8 Å². The molecule has 31 heavy (non-hydrogen) atoms. The summed E-state index contributed by atoms with van der Waals surface area (Å²) in [5.74, 6) is -11.3. The number of halogens is 6. The SMILES string of the molecule is CCOC(=O)[C@@H]1C(c2cccs2)[C@H](C(=O)OCC)[C@@](O)(C(F)(F)F)N[C@]1(O)C(F)(F)F. The van der Waals surface area contributed by atoms with Gasteiger partial charge in [-0.3, -0.25) is 9.59 Å². The predicted molar refractivity (Wildman–Crippen MR) is 92.5 cm³/mol. The van der Waals surface area contributed by atoms with Crippen LogP contribution in [0.1, 0.15) is 24.6 Å². The molecule has 176 valence electrons. The lowest BCUT2D eigenvalue weighted by molar-refractivity contribution is -0.376. The van der Waals surface area contributed by atoms with Gasteiger partial charge in [0.1, 0.15) is 11.8 Å². The van der Waals surface area contributed by atoms with Gasteiger partial charge in [-0.05, 0) is 25.3 Å². The number of thiophene rings is 1. The van der Waals surface area contributed by atoms with Crippen LogP contribution in [0.3, 0.4) is 0 Å². The van der Waals surface area contributed by atoms with Gasteiger partial charge in [0, 0.05) is 10.8 Å². The number of alkyl halides is 6. The average molecular weight is 479 g/mol. The van der Waals surface area contributed by atoms with Gasteiger partial charge < -0.3 is 19.7 Å². The lowest BCUT2D eigenvalue weighted by atomic mass is 9.66. The number of ether oxygens (including phenoxy) is 2. The molecule has 0 bridgehead atoms. The molecule has 2 rings (SSSR count). The summed E-state index contributed by atoms with van der Waals surface area (Å²) < 4.78 is 92.5. The van der Waals surface area contributed by atoms with Crippen molar-refractivity contribution < 1.29 is 55.6 Å². The highest BCUT2D eigenvalue weighted by Gasteiger charge is 2.78. The Hall–Kier alpha value is -1.90. The molecule has 2 heterocycles. The van der Waals surface area contributed by atoms with Crippen LogP contribution in [0.5, 0.6) is 0 Å². The standard InChI is InChI=1S/C17H19F6NO6S/c1-3-29-12(25)10-9(8-6-5-7-31-8)11(13(26)30-4-2)15(28,17(21,22)23)24-14(10,27)16(18,19)20/h5-7,9-11,24,27-28H,3-4H2,1-2H3/t9?,10-,11+,14-,15-/m1/s1. The molecule has 0 saturated carbocycles. The van der Waals surface area contributed by atoms with Crippen LogP contribution in [-0.2, 0) is 19.1 Å². The predicted octanol–water partition coefficient (Wildman–Crippen LogP) is 2.30. The van der Waals surface area contributed by atoms with Gasteiger partial charge in [0.05, 0.1) is 13.2 Å². The normalized spacial score (nSPS) is 31.9. The molecule has 0 amide bonds. The van der Waals surface area contributed by atoms with Crippen molar-refractivity contribution in [1.29, 1.82) is 0 Å². The second-order valence-corrected chi connectivity index (χ2v) is 7.63. The first kappa shape index (κ1) is 25.4. The minimum Gasteiger partial charge on any atom is -0.466 e. The summed E-state index contributed by atoms with van der Waals surface area (Å²) in [5, 5.41) is 22.8. The molecule has 0 radical (unpaired) electrons. The fourth-order valence-corrected chi connectivity index (χ4v) is 4.46. The van der Waals surface area contributed by atoms with Crippen molar-refractivity contribution in [3.8, 4) is 0 Å². The van der Waals surface area contributed by atoms with Crippen LogP contribution in [0.2, 0.25) is 0 Å². The van der Waals surface area contributed by atoms with E-state index in [1.54, 1.807) is 0 Å². The van der Waals surface area contributed by atoms with Gasteiger partial charge in [-0.1, -0.05) is 6.07 Å². The van der Waals surface area contributed by atoms with Gasteiger partial charge in [-0.25, -0.2) is 5.32 Å². The van der Waals surface area contributed by atoms with Gasteiger partial charge in [-0.2, -0.15) is 26.3 Å². The minimum absolute atomic E-state index is 0.303. The Morgan fingerprint density at radius 1 is 1.00 bits per heavy atom. The maximum atomic E-state index is 13.9. The molecule has 1 saturated heterocycles. The second kappa shape index (κ2) is 8.56. The molecular weight excluding hydrogens is 460 g/mol. The van der Waals surface area contributed by atoms with Crippen LogP contribution in [0, 0.1) is 11.8 Å². The first-order valence-corrected chi connectivity index (χ1v) is 9.77. The summed E-state index contributed by atoms with van der Waals surface area (Å²) in [6, 6.07) is 2.33. The fraction of sp³-hybridized carbons (Fsp3) is 0.647. The zero-order valence-electron chi connectivity index (χ0n) is 16.1. The van der Waals surface area contributed by atoms with E-state index in [1.807, 2.05) is 0 Å². The summed E-state index contributed by atoms with van der Waals surface area (Å²) >= 11 is 0.630. The fourth-order valence-electron chi connectivity index (χ4n) is 3.56. The molecule has 1 fully saturated rings. The van der Waals surface area contributed by atoms with Crippen molar-refractivity contribution in [3.05, 3.63) is 22.4 Å². The maximum Gasteiger partial charge on any atom is 0.432 e. The molecule has 7 nitrogen and oxygen atoms in total. The summed E-state index contributed by atoms with van der Waals surface area (Å²) in [7, 11) is 0. The van der Waals surface area contributed by atoms with Crippen molar-refractivity contribution >= 4 is 23.3 Å². The lowest BCUT2D eigenvalue weighted by Crippen LogP contribution is -2.81. The third kappa shape index (κ3) is 4.25. The van der Waals surface area contributed by atoms with E-state index in [0.717, 1.165) is 11.4 Å². The number of carbonyl (C=O) groups is 2. The van der Waals surface area contributed by atoms with Gasteiger partial charge in [0.15, 0.2) is 0 Å². The second-order valence-electron chi connectivity index (χ2n) is 6.65. The third-order valence-electron chi connectivity index (χ3n) is 4.82. The molecule has 1 aromatic rings. The maximum absolute atomic E-state index is 13.9. The summed E-state index contributed by atoms with van der Waals surface area (Å²) in [6.07, 6.45) is -11.8. The van der Waals surface area contributed by atoms with E-state index in [1.165, 1.54) is 25.3 Å². The van der Waals surface area contributed by atoms with E-state index in [0.29, 0.717) is 11.3 Å². The molecular formula is C17H19F6NO6S. The number of aliphatic hydroxyl groups is 2. The first-order chi connectivity index (χ1) is 14.2. The van der Waals surface area contributed by atoms with Crippen LogP contribution in [0.15, 0.2) is 17.5 Å². The Morgan fingerprint density at radius 2 is 1.42 bits per heavy atom. The number of hydrogen-bond donors (Lipinski definition) is 3. The van der Waals surface area contributed by atoms with Crippen molar-refractivity contribution in [3.63, 3.8) is 0 Å². The van der Waals surface area contributed by atoms with Crippen LogP contribution in [0.25, 0.3) is 0 Å². The molecule has 5 atom stereocenters. The van der Waals surface area contributed by atoms with Crippen LogP contribution in [-0.4, -0.2) is 59.2 Å². The van der Waals surface area contributed by atoms with E-state index in [9.17, 15) is 46.1 Å². The summed E-state index contributed by atoms with van der Waals surface area (Å²) in [4.78, 5) is 24.7. The molecule has 3 N–H and O–H groups in total. The molecule has 0 spiro atoms. The molecule has 1 aliphatic rings. The van der Waals surface area contributed by atoms with Gasteiger partial charge in [0.2, 0.25) is 11.4 Å². The quantitative estimate of drug-likeness (QED) is 0.440. The topological polar surface area (TPSA) is 105 Å². The summed E-state index contributed by atoms with van der Waals surface area (Å²) in [6.45, 7) is 1.54. The van der Waals surface area contributed by atoms with E-state index in [4.69, 9.17) is 0 Å². The smallest absolute Gasteiger partial charge is 0.432 e. The van der Waals surface area contributed by atoms with Gasteiger partial charge in [-0.15, -0.1) is 11.3 Å². The Morgan fingerprint density at radius 3 is 1.71 bits per heavy atom. The third-order valence-corrected chi connectivity index (χ3v) is 5.79. The molecule has 1 unspecified atom stereocenters. The Kier molecular flexibility index (Phi) is 7.00. The molecule has 0 aromatic carbocycles.